The monoisotopic (exact) mass is 434 g/mol. The summed E-state index contributed by atoms with van der Waals surface area (Å²) < 4.78 is 44.8. The SMILES string of the molecule is O=C(/C=C/C=C(/c1cccc(C(F)(F)F)c1)c1ccco1)Nc1cccc2cnccc12. The molecule has 0 aliphatic carbocycles. The van der Waals surface area contributed by atoms with Crippen LogP contribution in [0.25, 0.3) is 16.3 Å². The van der Waals surface area contributed by atoms with Gasteiger partial charge in [-0.2, -0.15) is 13.2 Å². The number of rotatable bonds is 5. The Hall–Kier alpha value is -4.13. The Morgan fingerprint density at radius 3 is 2.66 bits per heavy atom. The van der Waals surface area contributed by atoms with Crippen LogP contribution >= 0.6 is 0 Å². The van der Waals surface area contributed by atoms with Crippen LogP contribution in [0.1, 0.15) is 16.9 Å². The van der Waals surface area contributed by atoms with Crippen LogP contribution < -0.4 is 5.32 Å². The van der Waals surface area contributed by atoms with Crippen LogP contribution in [-0.4, -0.2) is 10.9 Å². The second kappa shape index (κ2) is 8.93. The number of carbonyl (C=O) groups excluding carboxylic acids is 1. The van der Waals surface area contributed by atoms with Gasteiger partial charge in [-0.25, -0.2) is 0 Å². The van der Waals surface area contributed by atoms with Crippen molar-refractivity contribution in [3.8, 4) is 0 Å². The van der Waals surface area contributed by atoms with E-state index in [2.05, 4.69) is 10.3 Å². The smallest absolute Gasteiger partial charge is 0.416 e. The topological polar surface area (TPSA) is 55.1 Å². The summed E-state index contributed by atoms with van der Waals surface area (Å²) in [5.74, 6) is 0.00401. The molecule has 2 aromatic heterocycles. The summed E-state index contributed by atoms with van der Waals surface area (Å²) in [4.78, 5) is 16.5. The van der Waals surface area contributed by atoms with Crippen LogP contribution in [0.15, 0.2) is 102 Å². The van der Waals surface area contributed by atoms with E-state index >= 15 is 0 Å². The summed E-state index contributed by atoms with van der Waals surface area (Å²) in [5.41, 5.74) is 0.607. The van der Waals surface area contributed by atoms with E-state index in [0.717, 1.165) is 22.9 Å². The zero-order valence-corrected chi connectivity index (χ0v) is 16.6. The molecule has 4 nitrogen and oxygen atoms in total. The number of hydrogen-bond acceptors (Lipinski definition) is 3. The predicted octanol–water partition coefficient (Wildman–Crippen LogP) is 6.47. The number of furan rings is 1. The fourth-order valence-corrected chi connectivity index (χ4v) is 3.25. The maximum Gasteiger partial charge on any atom is 0.416 e. The lowest BCUT2D eigenvalue weighted by molar-refractivity contribution is -0.137. The van der Waals surface area contributed by atoms with Crippen molar-refractivity contribution in [2.24, 2.45) is 0 Å². The van der Waals surface area contributed by atoms with E-state index in [1.165, 1.54) is 24.5 Å². The molecule has 0 bridgehead atoms. The summed E-state index contributed by atoms with van der Waals surface area (Å²) in [6.07, 6.45) is 4.63. The van der Waals surface area contributed by atoms with Gasteiger partial charge in [0.2, 0.25) is 5.91 Å². The van der Waals surface area contributed by atoms with Gasteiger partial charge in [0.15, 0.2) is 0 Å². The highest BCUT2D eigenvalue weighted by atomic mass is 19.4. The van der Waals surface area contributed by atoms with Crippen LogP contribution in [0.2, 0.25) is 0 Å². The number of anilines is 1. The highest BCUT2D eigenvalue weighted by Crippen LogP contribution is 2.32. The fraction of sp³-hybridized carbons (Fsp3) is 0.0400. The van der Waals surface area contributed by atoms with Gasteiger partial charge in [-0.05, 0) is 42.0 Å². The minimum atomic E-state index is -4.46. The van der Waals surface area contributed by atoms with Crippen LogP contribution in [0.4, 0.5) is 18.9 Å². The van der Waals surface area contributed by atoms with Crippen molar-refractivity contribution in [1.82, 2.24) is 4.98 Å². The lowest BCUT2D eigenvalue weighted by Gasteiger charge is -2.10. The number of carbonyl (C=O) groups is 1. The molecule has 2 heterocycles. The molecule has 0 aliphatic rings. The van der Waals surface area contributed by atoms with Gasteiger partial charge >= 0.3 is 6.18 Å². The van der Waals surface area contributed by atoms with Crippen molar-refractivity contribution in [2.45, 2.75) is 6.18 Å². The molecule has 1 amide bonds. The van der Waals surface area contributed by atoms with Gasteiger partial charge < -0.3 is 9.73 Å². The second-order valence-corrected chi connectivity index (χ2v) is 6.89. The van der Waals surface area contributed by atoms with Gasteiger partial charge in [-0.15, -0.1) is 0 Å². The Morgan fingerprint density at radius 1 is 1.03 bits per heavy atom. The number of fused-ring (bicyclic) bond motifs is 1. The first-order valence-electron chi connectivity index (χ1n) is 9.65. The fourth-order valence-electron chi connectivity index (χ4n) is 3.25. The molecule has 0 radical (unpaired) electrons. The molecule has 0 fully saturated rings. The number of pyridine rings is 1. The third-order valence-corrected chi connectivity index (χ3v) is 4.74. The number of hydrogen-bond donors (Lipinski definition) is 1. The molecule has 0 unspecified atom stereocenters. The van der Waals surface area contributed by atoms with Crippen molar-refractivity contribution in [3.05, 3.63) is 114 Å². The van der Waals surface area contributed by atoms with Crippen molar-refractivity contribution in [1.29, 1.82) is 0 Å². The zero-order valence-electron chi connectivity index (χ0n) is 16.6. The van der Waals surface area contributed by atoms with E-state index in [9.17, 15) is 18.0 Å². The third kappa shape index (κ3) is 4.78. The largest absolute Gasteiger partial charge is 0.464 e. The number of alkyl halides is 3. The molecule has 0 saturated heterocycles. The highest BCUT2D eigenvalue weighted by Gasteiger charge is 2.30. The van der Waals surface area contributed by atoms with Gasteiger partial charge in [0.25, 0.3) is 0 Å². The molecule has 32 heavy (non-hydrogen) atoms. The van der Waals surface area contributed by atoms with Crippen LogP contribution in [0.3, 0.4) is 0 Å². The average Bonchev–Trinajstić information content (AvgIpc) is 3.31. The number of amides is 1. The van der Waals surface area contributed by atoms with E-state index in [4.69, 9.17) is 4.42 Å². The van der Waals surface area contributed by atoms with E-state index in [1.54, 1.807) is 48.8 Å². The number of nitrogens with one attached hydrogen (secondary N) is 1. The number of halogens is 3. The first-order chi connectivity index (χ1) is 15.4. The number of nitrogens with zero attached hydrogens (tertiary/aromatic N) is 1. The Balaban J connectivity index is 1.60. The third-order valence-electron chi connectivity index (χ3n) is 4.74. The first kappa shape index (κ1) is 21.1. The molecule has 0 atom stereocenters. The van der Waals surface area contributed by atoms with E-state index < -0.39 is 11.7 Å². The Bertz CT molecular complexity index is 1300. The number of aromatic nitrogens is 1. The highest BCUT2D eigenvalue weighted by molar-refractivity contribution is 6.06. The number of allylic oxidation sites excluding steroid dienone is 2. The van der Waals surface area contributed by atoms with E-state index in [1.807, 2.05) is 12.1 Å². The van der Waals surface area contributed by atoms with Gasteiger partial charge in [-0.1, -0.05) is 36.4 Å². The number of benzene rings is 2. The van der Waals surface area contributed by atoms with Gasteiger partial charge in [0.1, 0.15) is 5.76 Å². The predicted molar refractivity (Wildman–Crippen MR) is 117 cm³/mol. The molecule has 7 heteroatoms. The zero-order chi connectivity index (χ0) is 22.6. The first-order valence-corrected chi connectivity index (χ1v) is 9.65. The molecule has 1 N–H and O–H groups in total. The molecule has 2 aromatic carbocycles. The quantitative estimate of drug-likeness (QED) is 0.289. The average molecular weight is 434 g/mol. The van der Waals surface area contributed by atoms with E-state index in [-0.39, 0.29) is 5.91 Å². The maximum absolute atomic E-state index is 13.1. The van der Waals surface area contributed by atoms with Gasteiger partial charge in [0, 0.05) is 40.5 Å². The van der Waals surface area contributed by atoms with Crippen molar-refractivity contribution < 1.29 is 22.4 Å². The normalized spacial score (nSPS) is 12.4. The second-order valence-electron chi connectivity index (χ2n) is 6.89. The molecule has 0 spiro atoms. The van der Waals surface area contributed by atoms with Crippen LogP contribution in [0.5, 0.6) is 0 Å². The Kier molecular flexibility index (Phi) is 5.89. The summed E-state index contributed by atoms with van der Waals surface area (Å²) in [6, 6.07) is 15.5. The lowest BCUT2D eigenvalue weighted by Crippen LogP contribution is -2.08. The summed E-state index contributed by atoms with van der Waals surface area (Å²) in [7, 11) is 0. The van der Waals surface area contributed by atoms with Gasteiger partial charge in [0.05, 0.1) is 11.8 Å². The molecular weight excluding hydrogens is 417 g/mol. The molecule has 160 valence electrons. The Morgan fingerprint density at radius 2 is 1.88 bits per heavy atom. The Labute approximate surface area is 181 Å². The van der Waals surface area contributed by atoms with Crippen LogP contribution in [-0.2, 0) is 11.0 Å². The molecule has 4 aromatic rings. The lowest BCUT2D eigenvalue weighted by atomic mass is 10.0. The maximum atomic E-state index is 13.1. The molecule has 0 saturated carbocycles. The molecular formula is C25H17F3N2O2. The summed E-state index contributed by atoms with van der Waals surface area (Å²) in [6.45, 7) is 0. The standard InChI is InChI=1S/C25H17F3N2O2/c26-25(27,28)19-7-1-5-17(15-19)21(23-10-4-14-32-23)8-3-11-24(31)30-22-9-2-6-18-16-29-13-12-20(18)22/h1-16H,(H,30,31)/b11-3+,21-8-. The molecule has 4 rings (SSSR count). The van der Waals surface area contributed by atoms with E-state index in [0.29, 0.717) is 22.6 Å². The molecule has 0 aliphatic heterocycles. The summed E-state index contributed by atoms with van der Waals surface area (Å²) in [5, 5.41) is 4.54. The van der Waals surface area contributed by atoms with Gasteiger partial charge in [-0.3, -0.25) is 9.78 Å². The summed E-state index contributed by atoms with van der Waals surface area (Å²) >= 11 is 0. The van der Waals surface area contributed by atoms with Crippen LogP contribution in [0, 0.1) is 0 Å². The minimum Gasteiger partial charge on any atom is -0.464 e. The van der Waals surface area contributed by atoms with Crippen molar-refractivity contribution in [3.63, 3.8) is 0 Å². The van der Waals surface area contributed by atoms with Crippen molar-refractivity contribution in [2.75, 3.05) is 5.32 Å². The van der Waals surface area contributed by atoms with Crippen molar-refractivity contribution >= 4 is 27.9 Å². The minimum absolute atomic E-state index is 0.321.